The number of hydrogen-bond acceptors (Lipinski definition) is 1. The van der Waals surface area contributed by atoms with Crippen molar-refractivity contribution in [2.24, 2.45) is 0 Å². The number of fused-ring (bicyclic) bond motifs is 2. The Balaban J connectivity index is 2.18. The van der Waals surface area contributed by atoms with Gasteiger partial charge in [-0.1, -0.05) is 72.8 Å². The van der Waals surface area contributed by atoms with E-state index in [4.69, 9.17) is 4.74 Å². The van der Waals surface area contributed by atoms with Crippen molar-refractivity contribution in [3.05, 3.63) is 82.7 Å². The van der Waals surface area contributed by atoms with Gasteiger partial charge in [-0.25, -0.2) is 0 Å². The van der Waals surface area contributed by atoms with Gasteiger partial charge in [0.1, 0.15) is 0 Å². The van der Waals surface area contributed by atoms with E-state index in [0.717, 1.165) is 6.42 Å². The maximum atomic E-state index is 5.98. The van der Waals surface area contributed by atoms with E-state index in [1.165, 1.54) is 32.3 Å². The minimum Gasteiger partial charge on any atom is -0.373 e. The van der Waals surface area contributed by atoms with Crippen LogP contribution < -0.4 is 10.4 Å². The molecule has 0 spiro atoms. The first kappa shape index (κ1) is 14.2. The molecule has 0 N–H and O–H groups in total. The minimum atomic E-state index is -0.307. The highest BCUT2D eigenvalue weighted by Crippen LogP contribution is 2.35. The second-order valence-electron chi connectivity index (χ2n) is 6.33. The quantitative estimate of drug-likeness (QED) is 0.702. The Morgan fingerprint density at radius 2 is 1.61 bits per heavy atom. The predicted molar refractivity (Wildman–Crippen MR) is 96.6 cm³/mol. The summed E-state index contributed by atoms with van der Waals surface area (Å²) in [6, 6.07) is 23.7. The van der Waals surface area contributed by atoms with Crippen LogP contribution in [0.5, 0.6) is 0 Å². The van der Waals surface area contributed by atoms with Crippen molar-refractivity contribution in [2.45, 2.75) is 18.9 Å². The van der Waals surface area contributed by atoms with Crippen molar-refractivity contribution in [3.63, 3.8) is 0 Å². The van der Waals surface area contributed by atoms with Crippen molar-refractivity contribution in [3.8, 4) is 0 Å². The molecule has 114 valence electrons. The monoisotopic (exact) mass is 300 g/mol. The average molecular weight is 300 g/mol. The van der Waals surface area contributed by atoms with E-state index >= 15 is 0 Å². The van der Waals surface area contributed by atoms with Crippen molar-refractivity contribution in [1.82, 2.24) is 0 Å². The Morgan fingerprint density at radius 1 is 0.870 bits per heavy atom. The first-order valence-electron chi connectivity index (χ1n) is 8.06. The second-order valence-corrected chi connectivity index (χ2v) is 6.33. The van der Waals surface area contributed by atoms with Crippen LogP contribution in [0, 0.1) is 0 Å². The summed E-state index contributed by atoms with van der Waals surface area (Å²) in [5, 5.41) is 5.12. The number of hydrogen-bond donors (Lipinski definition) is 0. The second kappa shape index (κ2) is 5.36. The molecule has 0 bridgehead atoms. The van der Waals surface area contributed by atoms with Crippen LogP contribution in [0.1, 0.15) is 18.9 Å². The molecule has 1 aliphatic carbocycles. The summed E-state index contributed by atoms with van der Waals surface area (Å²) >= 11 is 0. The smallest absolute Gasteiger partial charge is 0.0946 e. The third kappa shape index (κ3) is 2.20. The lowest BCUT2D eigenvalue weighted by Gasteiger charge is -2.33. The molecule has 0 aliphatic heterocycles. The molecule has 1 heteroatoms. The number of ether oxygens (including phenoxy) is 1. The van der Waals surface area contributed by atoms with E-state index in [-0.39, 0.29) is 5.60 Å². The zero-order chi connectivity index (χ0) is 15.9. The Hall–Kier alpha value is -2.38. The normalized spacial score (nSPS) is 20.2. The number of rotatable bonds is 2. The van der Waals surface area contributed by atoms with Gasteiger partial charge in [-0.2, -0.15) is 0 Å². The molecule has 0 fully saturated rings. The fraction of sp³-hybridized carbons (Fsp3) is 0.182. The van der Waals surface area contributed by atoms with E-state index in [2.05, 4.69) is 79.7 Å². The van der Waals surface area contributed by atoms with E-state index < -0.39 is 0 Å². The molecule has 4 rings (SSSR count). The summed E-state index contributed by atoms with van der Waals surface area (Å²) in [6.07, 6.45) is 3.17. The molecular weight excluding hydrogens is 280 g/mol. The first-order valence-corrected chi connectivity index (χ1v) is 8.06. The van der Waals surface area contributed by atoms with Crippen LogP contribution in [-0.2, 0) is 4.74 Å². The van der Waals surface area contributed by atoms with E-state index in [9.17, 15) is 0 Å². The first-order chi connectivity index (χ1) is 11.2. The fourth-order valence-electron chi connectivity index (χ4n) is 3.65. The van der Waals surface area contributed by atoms with Gasteiger partial charge in [-0.3, -0.25) is 0 Å². The summed E-state index contributed by atoms with van der Waals surface area (Å²) in [4.78, 5) is 0. The van der Waals surface area contributed by atoms with Crippen LogP contribution in [0.3, 0.4) is 0 Å². The van der Waals surface area contributed by atoms with Crippen LogP contribution in [0.15, 0.2) is 66.7 Å². The lowest BCUT2D eigenvalue weighted by molar-refractivity contribution is 0.0621. The number of benzene rings is 3. The highest BCUT2D eigenvalue weighted by atomic mass is 16.5. The Morgan fingerprint density at radius 3 is 2.48 bits per heavy atom. The zero-order valence-corrected chi connectivity index (χ0v) is 13.5. The molecule has 0 amide bonds. The van der Waals surface area contributed by atoms with Crippen molar-refractivity contribution in [1.29, 1.82) is 0 Å². The molecule has 1 nitrogen and oxygen atoms in total. The summed E-state index contributed by atoms with van der Waals surface area (Å²) in [5.74, 6) is 0. The topological polar surface area (TPSA) is 9.23 Å². The highest BCUT2D eigenvalue weighted by molar-refractivity contribution is 5.95. The van der Waals surface area contributed by atoms with Gasteiger partial charge >= 0.3 is 0 Å². The lowest BCUT2D eigenvalue weighted by Crippen LogP contribution is -2.42. The lowest BCUT2D eigenvalue weighted by atomic mass is 9.80. The molecule has 23 heavy (non-hydrogen) atoms. The summed E-state index contributed by atoms with van der Waals surface area (Å²) in [5.41, 5.74) is 2.25. The third-order valence-electron chi connectivity index (χ3n) is 4.98. The largest absolute Gasteiger partial charge is 0.373 e. The Kier molecular flexibility index (Phi) is 3.32. The van der Waals surface area contributed by atoms with Gasteiger partial charge < -0.3 is 4.74 Å². The van der Waals surface area contributed by atoms with Crippen molar-refractivity contribution >= 4 is 22.4 Å². The van der Waals surface area contributed by atoms with Gasteiger partial charge in [0.15, 0.2) is 0 Å². The molecule has 0 saturated heterocycles. The fourth-order valence-corrected chi connectivity index (χ4v) is 3.65. The van der Waals surface area contributed by atoms with Gasteiger partial charge in [-0.15, -0.1) is 0 Å². The van der Waals surface area contributed by atoms with E-state index in [0.29, 0.717) is 0 Å². The van der Waals surface area contributed by atoms with Crippen LogP contribution in [0.4, 0.5) is 0 Å². The maximum absolute atomic E-state index is 5.98. The van der Waals surface area contributed by atoms with Crippen LogP contribution >= 0.6 is 0 Å². The summed E-state index contributed by atoms with van der Waals surface area (Å²) < 4.78 is 5.98. The van der Waals surface area contributed by atoms with Gasteiger partial charge in [-0.05, 0) is 45.7 Å². The van der Waals surface area contributed by atoms with Crippen molar-refractivity contribution < 1.29 is 4.74 Å². The summed E-state index contributed by atoms with van der Waals surface area (Å²) in [7, 11) is 1.81. The van der Waals surface area contributed by atoms with Crippen LogP contribution in [0.2, 0.25) is 0 Å². The van der Waals surface area contributed by atoms with Crippen molar-refractivity contribution in [2.75, 3.05) is 7.11 Å². The number of methoxy groups -OCH3 is 1. The molecule has 0 heterocycles. The third-order valence-corrected chi connectivity index (χ3v) is 4.98. The average Bonchev–Trinajstić information content (AvgIpc) is 2.61. The van der Waals surface area contributed by atoms with Crippen LogP contribution in [0.25, 0.3) is 22.4 Å². The molecule has 1 aliphatic rings. The molecule has 0 aromatic heterocycles. The van der Waals surface area contributed by atoms with Gasteiger partial charge in [0.25, 0.3) is 0 Å². The van der Waals surface area contributed by atoms with Gasteiger partial charge in [0, 0.05) is 7.11 Å². The Labute approximate surface area is 136 Å². The van der Waals surface area contributed by atoms with E-state index in [1.54, 1.807) is 0 Å². The molecule has 0 radical (unpaired) electrons. The maximum Gasteiger partial charge on any atom is 0.0946 e. The molecule has 3 aromatic carbocycles. The standard InChI is InChI=1S/C22H20O/c1-22(23-2)15-14-17-9-4-6-12-19(17)21(22)20-13-7-10-16-8-3-5-11-18(16)20/h3-14H,15H2,1-2H3. The van der Waals surface area contributed by atoms with Crippen LogP contribution in [-0.4, -0.2) is 12.7 Å². The molecular formula is C22H20O. The molecule has 3 aromatic rings. The Bertz CT molecular complexity index is 994. The molecule has 1 atom stereocenters. The molecule has 1 unspecified atom stereocenters. The van der Waals surface area contributed by atoms with Gasteiger partial charge in [0.05, 0.1) is 5.60 Å². The highest BCUT2D eigenvalue weighted by Gasteiger charge is 2.32. The SMILES string of the molecule is COC1(C)CC=c2ccccc2=C1c1cccc2ccccc12. The molecule has 0 saturated carbocycles. The van der Waals surface area contributed by atoms with E-state index in [1.807, 2.05) is 7.11 Å². The zero-order valence-electron chi connectivity index (χ0n) is 13.5. The van der Waals surface area contributed by atoms with Gasteiger partial charge in [0.2, 0.25) is 0 Å². The summed E-state index contributed by atoms with van der Waals surface area (Å²) in [6.45, 7) is 2.19. The minimum absolute atomic E-state index is 0.307. The predicted octanol–water partition coefficient (Wildman–Crippen LogP) is 3.63.